The summed E-state index contributed by atoms with van der Waals surface area (Å²) in [6, 6.07) is 7.01. The maximum absolute atomic E-state index is 13.3. The fourth-order valence-corrected chi connectivity index (χ4v) is 5.13. The van der Waals surface area contributed by atoms with Gasteiger partial charge in [-0.25, -0.2) is 0 Å². The van der Waals surface area contributed by atoms with Crippen LogP contribution in [0.3, 0.4) is 0 Å². The standard InChI is InChI=1S/C21H28ClN3O2.ClH/c22-16-9-7-14(8-10-16)21(27)25-18-6-2-1-4-15(18)12-19(25)20(26)24-17-5-3-11-23-13-17;/h7-10,15,17-19,23H,1-6,11-13H2,(H,24,26);1H. The Labute approximate surface area is 178 Å². The molecule has 4 rings (SSSR count). The summed E-state index contributed by atoms with van der Waals surface area (Å²) in [4.78, 5) is 28.3. The summed E-state index contributed by atoms with van der Waals surface area (Å²) in [7, 11) is 0. The average Bonchev–Trinajstić information content (AvgIpc) is 3.08. The van der Waals surface area contributed by atoms with Crippen LogP contribution < -0.4 is 10.6 Å². The third kappa shape index (κ3) is 4.47. The van der Waals surface area contributed by atoms with Crippen LogP contribution in [0.4, 0.5) is 0 Å². The molecular weight excluding hydrogens is 397 g/mol. The number of likely N-dealkylation sites (tertiary alicyclic amines) is 1. The first-order chi connectivity index (χ1) is 13.1. The van der Waals surface area contributed by atoms with Crippen molar-refractivity contribution in [2.45, 2.75) is 63.1 Å². The molecule has 1 aromatic carbocycles. The number of piperidine rings is 1. The number of benzene rings is 1. The second kappa shape index (κ2) is 9.47. The van der Waals surface area contributed by atoms with E-state index in [9.17, 15) is 9.59 Å². The van der Waals surface area contributed by atoms with Gasteiger partial charge in [0, 0.05) is 29.2 Å². The molecule has 7 heteroatoms. The molecule has 2 amide bonds. The van der Waals surface area contributed by atoms with Crippen LogP contribution in [0.5, 0.6) is 0 Å². The summed E-state index contributed by atoms with van der Waals surface area (Å²) in [6.45, 7) is 1.83. The van der Waals surface area contributed by atoms with Gasteiger partial charge in [-0.3, -0.25) is 9.59 Å². The van der Waals surface area contributed by atoms with Gasteiger partial charge >= 0.3 is 0 Å². The Balaban J connectivity index is 0.00000225. The van der Waals surface area contributed by atoms with E-state index in [4.69, 9.17) is 11.6 Å². The largest absolute Gasteiger partial charge is 0.350 e. The highest BCUT2D eigenvalue weighted by Crippen LogP contribution is 2.40. The molecule has 0 radical (unpaired) electrons. The lowest BCUT2D eigenvalue weighted by Gasteiger charge is -2.34. The minimum atomic E-state index is -0.358. The molecule has 2 N–H and O–H groups in total. The monoisotopic (exact) mass is 425 g/mol. The predicted molar refractivity (Wildman–Crippen MR) is 113 cm³/mol. The van der Waals surface area contributed by atoms with Gasteiger partial charge in [0.05, 0.1) is 0 Å². The molecule has 1 aromatic rings. The van der Waals surface area contributed by atoms with Crippen LogP contribution in [-0.2, 0) is 4.79 Å². The molecule has 28 heavy (non-hydrogen) atoms. The highest BCUT2D eigenvalue weighted by atomic mass is 35.5. The Morgan fingerprint density at radius 3 is 2.54 bits per heavy atom. The summed E-state index contributed by atoms with van der Waals surface area (Å²) in [5, 5.41) is 7.15. The summed E-state index contributed by atoms with van der Waals surface area (Å²) in [6.07, 6.45) is 7.31. The lowest BCUT2D eigenvalue weighted by atomic mass is 9.84. The normalized spacial score (nSPS) is 29.5. The van der Waals surface area contributed by atoms with Gasteiger partial charge in [0.1, 0.15) is 6.04 Å². The number of carbonyl (C=O) groups is 2. The zero-order chi connectivity index (χ0) is 18.8. The highest BCUT2D eigenvalue weighted by Gasteiger charge is 2.47. The van der Waals surface area contributed by atoms with E-state index in [-0.39, 0.29) is 42.3 Å². The van der Waals surface area contributed by atoms with Crippen molar-refractivity contribution in [2.75, 3.05) is 13.1 Å². The van der Waals surface area contributed by atoms with Crippen LogP contribution in [-0.4, -0.2) is 47.9 Å². The summed E-state index contributed by atoms with van der Waals surface area (Å²) in [5.74, 6) is 0.415. The zero-order valence-electron chi connectivity index (χ0n) is 16.0. The Hall–Kier alpha value is -1.30. The fourth-order valence-electron chi connectivity index (χ4n) is 5.00. The van der Waals surface area contributed by atoms with Crippen molar-refractivity contribution < 1.29 is 9.59 Å². The van der Waals surface area contributed by atoms with Crippen molar-refractivity contribution in [3.63, 3.8) is 0 Å². The molecule has 4 unspecified atom stereocenters. The van der Waals surface area contributed by atoms with Crippen LogP contribution in [0, 0.1) is 5.92 Å². The van der Waals surface area contributed by atoms with Gasteiger partial charge in [0.2, 0.25) is 5.91 Å². The highest BCUT2D eigenvalue weighted by molar-refractivity contribution is 6.30. The SMILES string of the molecule is Cl.O=C(NC1CCCNC1)C1CC2CCCCC2N1C(=O)c1ccc(Cl)cc1. The summed E-state index contributed by atoms with van der Waals surface area (Å²) < 4.78 is 0. The van der Waals surface area contributed by atoms with E-state index in [2.05, 4.69) is 10.6 Å². The molecule has 3 aliphatic rings. The second-order valence-corrected chi connectivity index (χ2v) is 8.57. The first-order valence-corrected chi connectivity index (χ1v) is 10.6. The van der Waals surface area contributed by atoms with E-state index in [1.165, 1.54) is 6.42 Å². The second-order valence-electron chi connectivity index (χ2n) is 8.13. The molecule has 5 nitrogen and oxygen atoms in total. The number of hydrogen-bond donors (Lipinski definition) is 2. The Kier molecular flexibility index (Phi) is 7.24. The van der Waals surface area contributed by atoms with E-state index in [0.717, 1.165) is 51.6 Å². The molecule has 1 saturated carbocycles. The Bertz CT molecular complexity index is 691. The fraction of sp³-hybridized carbons (Fsp3) is 0.619. The maximum Gasteiger partial charge on any atom is 0.254 e. The number of rotatable bonds is 3. The lowest BCUT2D eigenvalue weighted by Crippen LogP contribution is -2.54. The molecule has 2 heterocycles. The van der Waals surface area contributed by atoms with E-state index in [1.54, 1.807) is 24.3 Å². The van der Waals surface area contributed by atoms with Crippen molar-refractivity contribution in [1.82, 2.24) is 15.5 Å². The predicted octanol–water partition coefficient (Wildman–Crippen LogP) is 3.40. The number of hydrogen-bond acceptors (Lipinski definition) is 3. The van der Waals surface area contributed by atoms with Crippen LogP contribution in [0.2, 0.25) is 5.02 Å². The number of carbonyl (C=O) groups excluding carboxylic acids is 2. The Morgan fingerprint density at radius 1 is 1.07 bits per heavy atom. The molecule has 1 aliphatic carbocycles. The van der Waals surface area contributed by atoms with Crippen molar-refractivity contribution in [3.05, 3.63) is 34.9 Å². The number of fused-ring (bicyclic) bond motifs is 1. The van der Waals surface area contributed by atoms with Gasteiger partial charge in [-0.1, -0.05) is 24.4 Å². The van der Waals surface area contributed by atoms with Crippen molar-refractivity contribution >= 4 is 35.8 Å². The van der Waals surface area contributed by atoms with Gasteiger partial charge < -0.3 is 15.5 Å². The number of amides is 2. The molecule has 2 aliphatic heterocycles. The number of nitrogens with one attached hydrogen (secondary N) is 2. The average molecular weight is 426 g/mol. The van der Waals surface area contributed by atoms with Crippen LogP contribution >= 0.6 is 24.0 Å². The minimum absolute atomic E-state index is 0. The molecule has 0 spiro atoms. The van der Waals surface area contributed by atoms with Gasteiger partial charge in [0.15, 0.2) is 0 Å². The number of halogens is 2. The van der Waals surface area contributed by atoms with Crippen molar-refractivity contribution in [1.29, 1.82) is 0 Å². The molecule has 2 saturated heterocycles. The third-order valence-electron chi connectivity index (χ3n) is 6.36. The molecular formula is C21H29Cl2N3O2. The summed E-state index contributed by atoms with van der Waals surface area (Å²) in [5.41, 5.74) is 0.614. The third-order valence-corrected chi connectivity index (χ3v) is 6.61. The van der Waals surface area contributed by atoms with E-state index in [0.29, 0.717) is 16.5 Å². The molecule has 0 bridgehead atoms. The Morgan fingerprint density at radius 2 is 1.82 bits per heavy atom. The topological polar surface area (TPSA) is 61.4 Å². The van der Waals surface area contributed by atoms with Gasteiger partial charge in [-0.05, 0) is 68.8 Å². The van der Waals surface area contributed by atoms with Gasteiger partial charge in [-0.15, -0.1) is 12.4 Å². The summed E-state index contributed by atoms with van der Waals surface area (Å²) >= 11 is 5.98. The van der Waals surface area contributed by atoms with Crippen LogP contribution in [0.1, 0.15) is 55.3 Å². The van der Waals surface area contributed by atoms with E-state index >= 15 is 0 Å². The lowest BCUT2D eigenvalue weighted by molar-refractivity contribution is -0.126. The number of nitrogens with zero attached hydrogens (tertiary/aromatic N) is 1. The quantitative estimate of drug-likeness (QED) is 0.779. The van der Waals surface area contributed by atoms with Crippen LogP contribution in [0.15, 0.2) is 24.3 Å². The molecule has 4 atom stereocenters. The van der Waals surface area contributed by atoms with Gasteiger partial charge in [0.25, 0.3) is 5.91 Å². The molecule has 0 aromatic heterocycles. The van der Waals surface area contributed by atoms with E-state index < -0.39 is 0 Å². The van der Waals surface area contributed by atoms with Crippen molar-refractivity contribution in [2.24, 2.45) is 5.92 Å². The maximum atomic E-state index is 13.3. The van der Waals surface area contributed by atoms with Crippen LogP contribution in [0.25, 0.3) is 0 Å². The van der Waals surface area contributed by atoms with Crippen molar-refractivity contribution in [3.8, 4) is 0 Å². The van der Waals surface area contributed by atoms with E-state index in [1.807, 2.05) is 4.90 Å². The first-order valence-electron chi connectivity index (χ1n) is 10.2. The smallest absolute Gasteiger partial charge is 0.254 e. The molecule has 3 fully saturated rings. The zero-order valence-corrected chi connectivity index (χ0v) is 17.6. The first kappa shape index (κ1) is 21.4. The molecule has 154 valence electrons. The van der Waals surface area contributed by atoms with Gasteiger partial charge in [-0.2, -0.15) is 0 Å². The minimum Gasteiger partial charge on any atom is -0.350 e.